The van der Waals surface area contributed by atoms with E-state index in [0.717, 1.165) is 55.8 Å². The van der Waals surface area contributed by atoms with Gasteiger partial charge in [0.05, 0.1) is 0 Å². The number of aromatic nitrogens is 3. The van der Waals surface area contributed by atoms with Crippen LogP contribution in [0.5, 0.6) is 0 Å². The van der Waals surface area contributed by atoms with Crippen molar-refractivity contribution in [1.82, 2.24) is 25.2 Å². The lowest BCUT2D eigenvalue weighted by Crippen LogP contribution is -2.38. The number of nitrogens with zero attached hydrogens (tertiary/aromatic N) is 4. The van der Waals surface area contributed by atoms with E-state index in [-0.39, 0.29) is 0 Å². The molecule has 0 bridgehead atoms. The fourth-order valence-corrected chi connectivity index (χ4v) is 2.55. The summed E-state index contributed by atoms with van der Waals surface area (Å²) in [5.74, 6) is 2.66. The molecule has 24 heavy (non-hydrogen) atoms. The predicted octanol–water partition coefficient (Wildman–Crippen LogP) is 2.65. The summed E-state index contributed by atoms with van der Waals surface area (Å²) in [6.45, 7) is 9.24. The summed E-state index contributed by atoms with van der Waals surface area (Å²) in [6.07, 6.45) is 6.26. The van der Waals surface area contributed by atoms with E-state index in [2.05, 4.69) is 46.6 Å². The van der Waals surface area contributed by atoms with Gasteiger partial charge in [-0.15, -0.1) is 10.2 Å². The SMILES string of the molecule is CCNC(=NCCCc1nnc2ccccn12)NCCCC(C)C. The van der Waals surface area contributed by atoms with E-state index in [1.165, 1.54) is 12.8 Å². The number of pyridine rings is 1. The molecule has 0 aliphatic carbocycles. The maximum Gasteiger partial charge on any atom is 0.191 e. The Kier molecular flexibility index (Phi) is 7.52. The molecule has 0 unspecified atom stereocenters. The highest BCUT2D eigenvalue weighted by molar-refractivity contribution is 5.79. The Labute approximate surface area is 144 Å². The largest absolute Gasteiger partial charge is 0.357 e. The smallest absolute Gasteiger partial charge is 0.191 e. The summed E-state index contributed by atoms with van der Waals surface area (Å²) in [6, 6.07) is 5.95. The first-order valence-electron chi connectivity index (χ1n) is 9.01. The van der Waals surface area contributed by atoms with Crippen molar-refractivity contribution in [2.24, 2.45) is 10.9 Å². The molecule has 2 aromatic heterocycles. The molecule has 0 saturated heterocycles. The van der Waals surface area contributed by atoms with E-state index in [0.29, 0.717) is 0 Å². The van der Waals surface area contributed by atoms with E-state index >= 15 is 0 Å². The Hall–Kier alpha value is -2.11. The molecule has 2 rings (SSSR count). The van der Waals surface area contributed by atoms with Gasteiger partial charge in [-0.25, -0.2) is 0 Å². The van der Waals surface area contributed by atoms with Crippen LogP contribution in [0.3, 0.4) is 0 Å². The lowest BCUT2D eigenvalue weighted by atomic mass is 10.1. The van der Waals surface area contributed by atoms with Gasteiger partial charge in [0, 0.05) is 32.3 Å². The van der Waals surface area contributed by atoms with Gasteiger partial charge in [0.15, 0.2) is 11.6 Å². The molecule has 0 spiro atoms. The standard InChI is InChI=1S/C18H30N6/c1-4-19-18(20-12-7-9-15(2)3)21-13-8-11-17-23-22-16-10-5-6-14-24(16)17/h5-6,10,14-15H,4,7-9,11-13H2,1-3H3,(H2,19,20,21). The van der Waals surface area contributed by atoms with Crippen molar-refractivity contribution in [1.29, 1.82) is 0 Å². The third kappa shape index (κ3) is 5.83. The van der Waals surface area contributed by atoms with Gasteiger partial charge in [-0.1, -0.05) is 19.9 Å². The Morgan fingerprint density at radius 1 is 1.21 bits per heavy atom. The lowest BCUT2D eigenvalue weighted by molar-refractivity contribution is 0.549. The molecule has 6 heteroatoms. The number of aliphatic imine (C=N–C) groups is 1. The van der Waals surface area contributed by atoms with Gasteiger partial charge in [0.2, 0.25) is 0 Å². The number of rotatable bonds is 9. The van der Waals surface area contributed by atoms with Gasteiger partial charge >= 0.3 is 0 Å². The number of hydrogen-bond donors (Lipinski definition) is 2. The zero-order valence-corrected chi connectivity index (χ0v) is 15.1. The Morgan fingerprint density at radius 3 is 2.88 bits per heavy atom. The van der Waals surface area contributed by atoms with Crippen molar-refractivity contribution in [2.75, 3.05) is 19.6 Å². The van der Waals surface area contributed by atoms with E-state index < -0.39 is 0 Å². The topological polar surface area (TPSA) is 66.6 Å². The molecule has 0 saturated carbocycles. The Bertz CT molecular complexity index is 631. The van der Waals surface area contributed by atoms with Crippen molar-refractivity contribution < 1.29 is 0 Å². The van der Waals surface area contributed by atoms with Crippen molar-refractivity contribution in [3.8, 4) is 0 Å². The summed E-state index contributed by atoms with van der Waals surface area (Å²) in [4.78, 5) is 4.65. The fourth-order valence-electron chi connectivity index (χ4n) is 2.55. The average molecular weight is 330 g/mol. The summed E-state index contributed by atoms with van der Waals surface area (Å²) in [7, 11) is 0. The molecule has 2 aromatic rings. The third-order valence-corrected chi connectivity index (χ3v) is 3.81. The molecule has 132 valence electrons. The third-order valence-electron chi connectivity index (χ3n) is 3.81. The molecular formula is C18H30N6. The van der Waals surface area contributed by atoms with Gasteiger partial charge in [0.1, 0.15) is 5.82 Å². The summed E-state index contributed by atoms with van der Waals surface area (Å²) in [5, 5.41) is 15.1. The zero-order chi connectivity index (χ0) is 17.2. The summed E-state index contributed by atoms with van der Waals surface area (Å²) in [5.41, 5.74) is 0.899. The normalized spacial score (nSPS) is 12.1. The number of aryl methyl sites for hydroxylation is 1. The molecule has 2 N–H and O–H groups in total. The molecular weight excluding hydrogens is 300 g/mol. The van der Waals surface area contributed by atoms with Crippen LogP contribution >= 0.6 is 0 Å². The quantitative estimate of drug-likeness (QED) is 0.421. The van der Waals surface area contributed by atoms with Crippen LogP contribution in [-0.4, -0.2) is 40.2 Å². The molecule has 2 heterocycles. The van der Waals surface area contributed by atoms with Gasteiger partial charge < -0.3 is 10.6 Å². The van der Waals surface area contributed by atoms with Crippen LogP contribution in [0, 0.1) is 5.92 Å². The van der Waals surface area contributed by atoms with Gasteiger partial charge in [-0.05, 0) is 44.2 Å². The lowest BCUT2D eigenvalue weighted by Gasteiger charge is -2.11. The van der Waals surface area contributed by atoms with Crippen molar-refractivity contribution in [3.63, 3.8) is 0 Å². The number of fused-ring (bicyclic) bond motifs is 1. The summed E-state index contributed by atoms with van der Waals surface area (Å²) >= 11 is 0. The van der Waals surface area contributed by atoms with Crippen LogP contribution in [0.2, 0.25) is 0 Å². The molecule has 0 aliphatic rings. The highest BCUT2D eigenvalue weighted by atomic mass is 15.2. The minimum Gasteiger partial charge on any atom is -0.357 e. The van der Waals surface area contributed by atoms with E-state index in [1.807, 2.05) is 28.8 Å². The Balaban J connectivity index is 1.77. The molecule has 6 nitrogen and oxygen atoms in total. The zero-order valence-electron chi connectivity index (χ0n) is 15.1. The van der Waals surface area contributed by atoms with E-state index in [1.54, 1.807) is 0 Å². The average Bonchev–Trinajstić information content (AvgIpc) is 2.98. The molecule has 0 aromatic carbocycles. The van der Waals surface area contributed by atoms with Crippen molar-refractivity contribution >= 4 is 11.6 Å². The van der Waals surface area contributed by atoms with Crippen LogP contribution < -0.4 is 10.6 Å². The van der Waals surface area contributed by atoms with Gasteiger partial charge in [0.25, 0.3) is 0 Å². The van der Waals surface area contributed by atoms with Crippen LogP contribution in [0.15, 0.2) is 29.4 Å². The second kappa shape index (κ2) is 9.90. The number of hydrogen-bond acceptors (Lipinski definition) is 3. The minimum atomic E-state index is 0.754. The molecule has 0 radical (unpaired) electrons. The monoisotopic (exact) mass is 330 g/mol. The minimum absolute atomic E-state index is 0.754. The molecule has 0 atom stereocenters. The van der Waals surface area contributed by atoms with Gasteiger partial charge in [-0.2, -0.15) is 0 Å². The maximum absolute atomic E-state index is 4.65. The highest BCUT2D eigenvalue weighted by Crippen LogP contribution is 2.05. The highest BCUT2D eigenvalue weighted by Gasteiger charge is 2.04. The fraction of sp³-hybridized carbons (Fsp3) is 0.611. The first-order valence-corrected chi connectivity index (χ1v) is 9.01. The first kappa shape index (κ1) is 18.2. The van der Waals surface area contributed by atoms with E-state index in [4.69, 9.17) is 0 Å². The van der Waals surface area contributed by atoms with Crippen LogP contribution in [0.4, 0.5) is 0 Å². The number of guanidine groups is 1. The molecule has 0 fully saturated rings. The molecule has 0 amide bonds. The van der Waals surface area contributed by atoms with Crippen LogP contribution in [-0.2, 0) is 6.42 Å². The number of nitrogens with one attached hydrogen (secondary N) is 2. The Morgan fingerprint density at radius 2 is 2.08 bits per heavy atom. The van der Waals surface area contributed by atoms with Crippen LogP contribution in [0.1, 0.15) is 45.9 Å². The van der Waals surface area contributed by atoms with Gasteiger partial charge in [-0.3, -0.25) is 9.39 Å². The second-order valence-electron chi connectivity index (χ2n) is 6.37. The summed E-state index contributed by atoms with van der Waals surface area (Å²) < 4.78 is 2.04. The van der Waals surface area contributed by atoms with Crippen molar-refractivity contribution in [2.45, 2.75) is 46.5 Å². The maximum atomic E-state index is 4.65. The second-order valence-corrected chi connectivity index (χ2v) is 6.37. The van der Waals surface area contributed by atoms with Crippen molar-refractivity contribution in [3.05, 3.63) is 30.2 Å². The molecule has 0 aliphatic heterocycles. The predicted molar refractivity (Wildman–Crippen MR) is 99.4 cm³/mol. The first-order chi connectivity index (χ1) is 11.7. The van der Waals surface area contributed by atoms with Crippen LogP contribution in [0.25, 0.3) is 5.65 Å². The van der Waals surface area contributed by atoms with E-state index in [9.17, 15) is 0 Å².